The van der Waals surface area contributed by atoms with E-state index < -0.39 is 43.9 Å². The quantitative estimate of drug-likeness (QED) is 0.434. The maximum atomic E-state index is 9.73. The minimum atomic E-state index is -4.22. The minimum absolute atomic E-state index is 0. The van der Waals surface area contributed by atoms with Gasteiger partial charge in [0.25, 0.3) is 0 Å². The maximum absolute atomic E-state index is 9.73. The average molecular weight is 334 g/mol. The summed E-state index contributed by atoms with van der Waals surface area (Å²) in [6.07, 6.45) is -2.12. The molecule has 0 spiro atoms. The molecule has 2 unspecified atom stereocenters. The number of rotatable bonds is 4. The second-order valence-electron chi connectivity index (χ2n) is 3.15. The van der Waals surface area contributed by atoms with Gasteiger partial charge in [0.05, 0.1) is 43.9 Å². The summed E-state index contributed by atoms with van der Waals surface area (Å²) in [5, 5.41) is 16.6. The zero-order chi connectivity index (χ0) is 13.6. The molecule has 0 aliphatic carbocycles. The molecule has 8 nitrogen and oxygen atoms in total. The van der Waals surface area contributed by atoms with Crippen molar-refractivity contribution in [3.05, 3.63) is 0 Å². The Labute approximate surface area is 111 Å². The van der Waals surface area contributed by atoms with Gasteiger partial charge in [-0.3, -0.25) is 0 Å². The van der Waals surface area contributed by atoms with E-state index in [4.69, 9.17) is 10.2 Å². The topological polar surface area (TPSA) is 155 Å². The van der Waals surface area contributed by atoms with E-state index in [-0.39, 0.29) is 17.1 Å². The second kappa shape index (κ2) is 9.22. The number of hydrogen-bond donors (Lipinski definition) is 2. The van der Waals surface area contributed by atoms with Gasteiger partial charge in [-0.15, -0.1) is 0 Å². The van der Waals surface area contributed by atoms with Crippen molar-refractivity contribution >= 4 is 20.2 Å². The molecule has 2 N–H and O–H groups in total. The molecule has 106 valence electrons. The molecule has 17 heavy (non-hydrogen) atoms. The number of aliphatic hydroxyl groups excluding tert-OH is 2. The Morgan fingerprint density at radius 3 is 1.06 bits per heavy atom. The van der Waals surface area contributed by atoms with E-state index in [0.717, 1.165) is 0 Å². The molecule has 0 aliphatic rings. The molecule has 0 aliphatic heterocycles. The van der Waals surface area contributed by atoms with E-state index in [2.05, 4.69) is 0 Å². The number of aliphatic hydroxyl groups is 2. The molecule has 0 aromatic rings. The van der Waals surface area contributed by atoms with Gasteiger partial charge in [-0.05, 0) is 13.8 Å². The van der Waals surface area contributed by atoms with Crippen LogP contribution < -0.4 is 0 Å². The molecule has 0 radical (unpaired) electrons. The summed E-state index contributed by atoms with van der Waals surface area (Å²) in [6, 6.07) is 0. The normalized spacial score (nSPS) is 14.9. The fraction of sp³-hybridized carbons (Fsp3) is 1.00. The molecule has 11 heteroatoms. The summed E-state index contributed by atoms with van der Waals surface area (Å²) >= 11 is 0. The van der Waals surface area contributed by atoms with E-state index in [0.29, 0.717) is 0 Å². The Morgan fingerprint density at radius 2 is 1.06 bits per heavy atom. The SMILES string of the molecule is CC(O)CS(=O)(=O)[O-].CC(O)CS(=O)(=O)[O-].[Fe+2]. The first kappa shape index (κ1) is 22.4. The van der Waals surface area contributed by atoms with Crippen LogP contribution in [0.1, 0.15) is 13.8 Å². The molecule has 0 aromatic carbocycles. The van der Waals surface area contributed by atoms with Gasteiger partial charge < -0.3 is 19.3 Å². The van der Waals surface area contributed by atoms with Gasteiger partial charge in [-0.1, -0.05) is 0 Å². The fourth-order valence-electron chi connectivity index (χ4n) is 0.591. The van der Waals surface area contributed by atoms with Crippen molar-refractivity contribution < 1.29 is 53.2 Å². The van der Waals surface area contributed by atoms with Gasteiger partial charge in [0.15, 0.2) is 0 Å². The third-order valence-corrected chi connectivity index (χ3v) is 2.67. The van der Waals surface area contributed by atoms with Crippen molar-refractivity contribution in [1.29, 1.82) is 0 Å². The van der Waals surface area contributed by atoms with Gasteiger partial charge in [0.1, 0.15) is 0 Å². The Balaban J connectivity index is -0.000000218. The zero-order valence-corrected chi connectivity index (χ0v) is 11.8. The van der Waals surface area contributed by atoms with E-state index in [9.17, 15) is 25.9 Å². The smallest absolute Gasteiger partial charge is 0.748 e. The van der Waals surface area contributed by atoms with Gasteiger partial charge in [0.2, 0.25) is 0 Å². The van der Waals surface area contributed by atoms with E-state index in [1.807, 2.05) is 0 Å². The largest absolute Gasteiger partial charge is 2.00 e. The van der Waals surface area contributed by atoms with Crippen LogP contribution in [0.5, 0.6) is 0 Å². The van der Waals surface area contributed by atoms with Crippen LogP contribution in [-0.2, 0) is 37.3 Å². The molecule has 0 saturated heterocycles. The van der Waals surface area contributed by atoms with Crippen molar-refractivity contribution in [2.24, 2.45) is 0 Å². The van der Waals surface area contributed by atoms with Crippen LogP contribution in [0.3, 0.4) is 0 Å². The van der Waals surface area contributed by atoms with Crippen LogP contribution >= 0.6 is 0 Å². The summed E-state index contributed by atoms with van der Waals surface area (Å²) in [5.41, 5.74) is 0. The third kappa shape index (κ3) is 31.4. The molecule has 0 amide bonds. The molecule has 0 saturated carbocycles. The van der Waals surface area contributed by atoms with Crippen LogP contribution in [0.15, 0.2) is 0 Å². The third-order valence-electron chi connectivity index (χ3n) is 0.891. The van der Waals surface area contributed by atoms with Crippen LogP contribution in [0.4, 0.5) is 0 Å². The first-order chi connectivity index (χ1) is 6.83. The van der Waals surface area contributed by atoms with Gasteiger partial charge in [-0.2, -0.15) is 0 Å². The van der Waals surface area contributed by atoms with Gasteiger partial charge in [-0.25, -0.2) is 16.8 Å². The van der Waals surface area contributed by atoms with Crippen LogP contribution in [0, 0.1) is 0 Å². The fourth-order valence-corrected chi connectivity index (χ4v) is 1.77. The van der Waals surface area contributed by atoms with Crippen molar-refractivity contribution in [1.82, 2.24) is 0 Å². The molecule has 0 bridgehead atoms. The predicted molar refractivity (Wildman–Crippen MR) is 52.5 cm³/mol. The van der Waals surface area contributed by atoms with Crippen molar-refractivity contribution in [3.63, 3.8) is 0 Å². The molecular formula is C6H14FeO8S2. The Bertz CT molecular complexity index is 333. The van der Waals surface area contributed by atoms with E-state index in [1.165, 1.54) is 13.8 Å². The summed E-state index contributed by atoms with van der Waals surface area (Å²) < 4.78 is 58.4. The van der Waals surface area contributed by atoms with E-state index >= 15 is 0 Å². The number of hydrogen-bond acceptors (Lipinski definition) is 8. The summed E-state index contributed by atoms with van der Waals surface area (Å²) in [7, 11) is -8.45. The van der Waals surface area contributed by atoms with Crippen molar-refractivity contribution in [3.8, 4) is 0 Å². The molecule has 0 aromatic heterocycles. The molecular weight excluding hydrogens is 320 g/mol. The van der Waals surface area contributed by atoms with Crippen molar-refractivity contribution in [2.75, 3.05) is 11.5 Å². The molecule has 2 atom stereocenters. The average Bonchev–Trinajstić information content (AvgIpc) is 1.72. The standard InChI is InChI=1S/2C3H8O4S.Fe/c2*1-3(4)2-8(5,6)7;/h2*3-4H,2H2,1H3,(H,5,6,7);/q;;+2/p-2. The minimum Gasteiger partial charge on any atom is -0.748 e. The summed E-state index contributed by atoms with van der Waals surface area (Å²) in [4.78, 5) is 0. The summed E-state index contributed by atoms with van der Waals surface area (Å²) in [5.74, 6) is -1.40. The molecule has 0 fully saturated rings. The van der Waals surface area contributed by atoms with Crippen LogP contribution in [-0.4, -0.2) is 59.9 Å². The van der Waals surface area contributed by atoms with Gasteiger partial charge in [0, 0.05) is 0 Å². The zero-order valence-electron chi connectivity index (χ0n) is 9.08. The predicted octanol–water partition coefficient (Wildman–Crippen LogP) is -2.18. The van der Waals surface area contributed by atoms with Crippen LogP contribution in [0.25, 0.3) is 0 Å². The summed E-state index contributed by atoms with van der Waals surface area (Å²) in [6.45, 7) is 2.49. The van der Waals surface area contributed by atoms with Crippen LogP contribution in [0.2, 0.25) is 0 Å². The Hall–Kier alpha value is 0.259. The first-order valence-electron chi connectivity index (χ1n) is 4.06. The Morgan fingerprint density at radius 1 is 0.882 bits per heavy atom. The maximum Gasteiger partial charge on any atom is 2.00 e. The van der Waals surface area contributed by atoms with Gasteiger partial charge >= 0.3 is 17.1 Å². The molecule has 0 heterocycles. The van der Waals surface area contributed by atoms with Crippen molar-refractivity contribution in [2.45, 2.75) is 26.1 Å². The Kier molecular flexibility index (Phi) is 12.2. The first-order valence-corrected chi connectivity index (χ1v) is 7.22. The second-order valence-corrected chi connectivity index (χ2v) is 6.04. The molecule has 0 rings (SSSR count). The monoisotopic (exact) mass is 334 g/mol. The van der Waals surface area contributed by atoms with E-state index in [1.54, 1.807) is 0 Å².